The van der Waals surface area contributed by atoms with Gasteiger partial charge in [-0.2, -0.15) is 5.26 Å². The number of hydrogen-bond donors (Lipinski definition) is 0. The van der Waals surface area contributed by atoms with E-state index in [-0.39, 0.29) is 18.0 Å². The topological polar surface area (TPSA) is 70.8 Å². The maximum atomic E-state index is 13.0. The number of pyridine rings is 1. The number of nitrogens with zero attached hydrogens (tertiary/aromatic N) is 2. The molecule has 3 rings (SSSR count). The monoisotopic (exact) mass is 356 g/mol. The highest BCUT2D eigenvalue weighted by molar-refractivity contribution is 6.15. The first-order valence-corrected chi connectivity index (χ1v) is 8.91. The maximum absolute atomic E-state index is 13.0. The molecule has 0 N–H and O–H groups in total. The van der Waals surface area contributed by atoms with E-state index in [1.807, 2.05) is 32.0 Å². The molecule has 0 radical (unpaired) electrons. The Bertz CT molecular complexity index is 1010. The minimum Gasteiger partial charge on any atom is -0.298 e. The van der Waals surface area contributed by atoms with Gasteiger partial charge in [0.1, 0.15) is 23.5 Å². The summed E-state index contributed by atoms with van der Waals surface area (Å²) >= 11 is 0. The molecule has 1 aromatic carbocycles. The number of Topliss-reactive ketones (excluding diaryl/α,β-unsaturated/α-hetero) is 2. The van der Waals surface area contributed by atoms with Gasteiger partial charge in [-0.1, -0.05) is 12.0 Å². The molecular weight excluding hydrogens is 336 g/mol. The zero-order valence-corrected chi connectivity index (χ0v) is 15.7. The summed E-state index contributed by atoms with van der Waals surface area (Å²) in [5.74, 6) is 4.71. The van der Waals surface area contributed by atoms with Crippen LogP contribution in [-0.4, -0.2) is 16.6 Å². The van der Waals surface area contributed by atoms with E-state index in [0.29, 0.717) is 17.8 Å². The summed E-state index contributed by atoms with van der Waals surface area (Å²) in [7, 11) is 0. The van der Waals surface area contributed by atoms with Crippen LogP contribution in [0.5, 0.6) is 0 Å². The van der Waals surface area contributed by atoms with Gasteiger partial charge in [0.25, 0.3) is 0 Å². The van der Waals surface area contributed by atoms with Crippen LogP contribution in [0.3, 0.4) is 0 Å². The third kappa shape index (κ3) is 3.66. The highest BCUT2D eigenvalue weighted by Gasteiger charge is 2.43. The first-order chi connectivity index (χ1) is 12.9. The second-order valence-electron chi connectivity index (χ2n) is 6.93. The molecule has 134 valence electrons. The lowest BCUT2D eigenvalue weighted by atomic mass is 9.86. The van der Waals surface area contributed by atoms with Gasteiger partial charge < -0.3 is 0 Å². The summed E-state index contributed by atoms with van der Waals surface area (Å²) in [5, 5.41) is 8.99. The van der Waals surface area contributed by atoms with Crippen molar-refractivity contribution in [1.29, 1.82) is 5.26 Å². The number of benzene rings is 1. The van der Waals surface area contributed by atoms with Crippen molar-refractivity contribution in [2.24, 2.45) is 5.92 Å². The van der Waals surface area contributed by atoms with E-state index in [9.17, 15) is 9.59 Å². The molecule has 0 bridgehead atoms. The first kappa shape index (κ1) is 18.5. The van der Waals surface area contributed by atoms with E-state index in [2.05, 4.69) is 16.8 Å². The summed E-state index contributed by atoms with van der Waals surface area (Å²) < 4.78 is 0. The van der Waals surface area contributed by atoms with Gasteiger partial charge >= 0.3 is 0 Å². The van der Waals surface area contributed by atoms with Crippen molar-refractivity contribution in [2.45, 2.75) is 39.5 Å². The third-order valence-electron chi connectivity index (χ3n) is 4.99. The molecule has 0 aliphatic heterocycles. The first-order valence-electron chi connectivity index (χ1n) is 8.91. The molecule has 2 atom stereocenters. The van der Waals surface area contributed by atoms with Crippen molar-refractivity contribution in [3.63, 3.8) is 0 Å². The Morgan fingerprint density at radius 3 is 2.52 bits per heavy atom. The summed E-state index contributed by atoms with van der Waals surface area (Å²) in [6.45, 7) is 5.63. The van der Waals surface area contributed by atoms with Crippen molar-refractivity contribution < 1.29 is 9.59 Å². The number of hydrogen-bond acceptors (Lipinski definition) is 4. The number of aryl methyl sites for hydroxylation is 2. The largest absolute Gasteiger partial charge is 0.298 e. The fourth-order valence-electron chi connectivity index (χ4n) is 3.89. The highest BCUT2D eigenvalue weighted by Crippen LogP contribution is 2.37. The van der Waals surface area contributed by atoms with Gasteiger partial charge in [-0.15, -0.1) is 5.92 Å². The zero-order valence-electron chi connectivity index (χ0n) is 15.7. The third-order valence-corrected chi connectivity index (χ3v) is 4.99. The van der Waals surface area contributed by atoms with E-state index in [4.69, 9.17) is 5.26 Å². The van der Waals surface area contributed by atoms with E-state index in [1.165, 1.54) is 0 Å². The average molecular weight is 356 g/mol. The Hall–Kier alpha value is -3.24. The molecule has 1 heterocycles. The van der Waals surface area contributed by atoms with E-state index in [1.54, 1.807) is 25.1 Å². The van der Waals surface area contributed by atoms with Gasteiger partial charge in [0, 0.05) is 23.6 Å². The molecule has 4 nitrogen and oxygen atoms in total. The smallest absolute Gasteiger partial charge is 0.151 e. The molecule has 0 spiro atoms. The van der Waals surface area contributed by atoms with Gasteiger partial charge in [-0.3, -0.25) is 9.59 Å². The molecule has 4 heteroatoms. The van der Waals surface area contributed by atoms with Crippen LogP contribution in [0.1, 0.15) is 52.9 Å². The fraction of sp³-hybridized carbons (Fsp3) is 0.304. The van der Waals surface area contributed by atoms with Crippen molar-refractivity contribution >= 4 is 11.6 Å². The highest BCUT2D eigenvalue weighted by atomic mass is 16.2. The Kier molecular flexibility index (Phi) is 5.19. The number of aromatic nitrogens is 1. The predicted octanol–water partition coefficient (Wildman–Crippen LogP) is 3.43. The van der Waals surface area contributed by atoms with Crippen LogP contribution in [0.25, 0.3) is 0 Å². The van der Waals surface area contributed by atoms with Gasteiger partial charge in [0.15, 0.2) is 5.78 Å². The Labute approximate surface area is 159 Å². The fourth-order valence-corrected chi connectivity index (χ4v) is 3.89. The lowest BCUT2D eigenvalue weighted by molar-refractivity contribution is -0.124. The molecule has 1 fully saturated rings. The van der Waals surface area contributed by atoms with Crippen LogP contribution in [0.2, 0.25) is 0 Å². The Morgan fingerprint density at radius 1 is 1.19 bits per heavy atom. The summed E-state index contributed by atoms with van der Waals surface area (Å²) in [6, 6.07) is 11.0. The number of carbonyl (C=O) groups excluding carboxylic acids is 2. The Morgan fingerprint density at radius 2 is 1.89 bits per heavy atom. The zero-order chi connectivity index (χ0) is 19.6. The lowest BCUT2D eigenvalue weighted by Crippen LogP contribution is -2.19. The Balaban J connectivity index is 1.90. The summed E-state index contributed by atoms with van der Waals surface area (Å²) in [6.07, 6.45) is 0.603. The van der Waals surface area contributed by atoms with Crippen molar-refractivity contribution in [3.8, 4) is 17.9 Å². The second-order valence-corrected chi connectivity index (χ2v) is 6.93. The van der Waals surface area contributed by atoms with Crippen LogP contribution in [-0.2, 0) is 16.0 Å². The van der Waals surface area contributed by atoms with Crippen LogP contribution >= 0.6 is 0 Å². The van der Waals surface area contributed by atoms with Crippen LogP contribution in [0.15, 0.2) is 30.3 Å². The van der Waals surface area contributed by atoms with Gasteiger partial charge in [-0.25, -0.2) is 4.98 Å². The normalized spacial score (nSPS) is 18.7. The van der Waals surface area contributed by atoms with Crippen LogP contribution in [0.4, 0.5) is 0 Å². The van der Waals surface area contributed by atoms with E-state index in [0.717, 1.165) is 22.3 Å². The predicted molar refractivity (Wildman–Crippen MR) is 102 cm³/mol. The molecule has 1 saturated carbocycles. The molecule has 0 amide bonds. The quantitative estimate of drug-likeness (QED) is 0.624. The number of ketones is 2. The van der Waals surface area contributed by atoms with Crippen molar-refractivity contribution in [3.05, 3.63) is 64.0 Å². The van der Waals surface area contributed by atoms with Crippen molar-refractivity contribution in [2.75, 3.05) is 0 Å². The lowest BCUT2D eigenvalue weighted by Gasteiger charge is -2.16. The molecule has 2 aromatic rings. The second kappa shape index (κ2) is 7.56. The molecule has 1 aliphatic carbocycles. The summed E-state index contributed by atoms with van der Waals surface area (Å²) in [5.41, 5.74) is 4.54. The minimum absolute atomic E-state index is 0.0398. The number of carbonyl (C=O) groups is 2. The molecule has 0 saturated heterocycles. The molecule has 27 heavy (non-hydrogen) atoms. The molecular formula is C23H20N2O2. The molecule has 1 aromatic heterocycles. The van der Waals surface area contributed by atoms with Gasteiger partial charge in [0.05, 0.1) is 0 Å². The van der Waals surface area contributed by atoms with E-state index < -0.39 is 11.8 Å². The molecule has 2 unspecified atom stereocenters. The molecule has 1 aliphatic rings. The SMILES string of the molecule is CC#Cc1cc(C)c(C2C(=O)CC(Cc3cccc(C#N)n3)C2=O)c(C)c1. The minimum atomic E-state index is -0.710. The number of rotatable bonds is 3. The average Bonchev–Trinajstić information content (AvgIpc) is 2.89. The van der Waals surface area contributed by atoms with Crippen LogP contribution in [0, 0.1) is 42.9 Å². The number of nitriles is 1. The standard InChI is InChI=1S/C23H20N2O2/c1-4-6-16-9-14(2)21(15(3)10-16)22-20(26)12-17(23(22)27)11-18-7-5-8-19(13-24)25-18/h5,7-10,17,22H,11-12H2,1-3H3. The van der Waals surface area contributed by atoms with Crippen molar-refractivity contribution in [1.82, 2.24) is 4.98 Å². The van der Waals surface area contributed by atoms with Crippen LogP contribution < -0.4 is 0 Å². The maximum Gasteiger partial charge on any atom is 0.151 e. The van der Waals surface area contributed by atoms with Gasteiger partial charge in [0.2, 0.25) is 0 Å². The van der Waals surface area contributed by atoms with Gasteiger partial charge in [-0.05, 0) is 68.1 Å². The summed E-state index contributed by atoms with van der Waals surface area (Å²) in [4.78, 5) is 30.0. The van der Waals surface area contributed by atoms with E-state index >= 15 is 0 Å².